The lowest BCUT2D eigenvalue weighted by Crippen LogP contribution is -2.50. The number of amides is 2. The lowest BCUT2D eigenvalue weighted by molar-refractivity contribution is -0.124. The molecule has 2 aromatic heterocycles. The maximum atomic E-state index is 15.0. The van der Waals surface area contributed by atoms with Crippen molar-refractivity contribution in [2.75, 3.05) is 0 Å². The van der Waals surface area contributed by atoms with Gasteiger partial charge in [-0.05, 0) is 60.1 Å². The van der Waals surface area contributed by atoms with Gasteiger partial charge in [-0.3, -0.25) is 4.79 Å². The van der Waals surface area contributed by atoms with Gasteiger partial charge in [0.25, 0.3) is 0 Å². The average Bonchev–Trinajstić information content (AvgIpc) is 3.39. The molecule has 0 unspecified atom stereocenters. The second-order valence-electron chi connectivity index (χ2n) is 9.60. The van der Waals surface area contributed by atoms with Crippen LogP contribution in [0.3, 0.4) is 0 Å². The highest BCUT2D eigenvalue weighted by Crippen LogP contribution is 2.41. The van der Waals surface area contributed by atoms with Gasteiger partial charge in [0.15, 0.2) is 5.75 Å². The number of nitrogens with zero attached hydrogens (tertiary/aromatic N) is 4. The Morgan fingerprint density at radius 1 is 1.18 bits per heavy atom. The van der Waals surface area contributed by atoms with Crippen LogP contribution in [0.4, 0.5) is 9.18 Å². The van der Waals surface area contributed by atoms with Gasteiger partial charge in [-0.1, -0.05) is 35.0 Å². The van der Waals surface area contributed by atoms with Gasteiger partial charge >= 0.3 is 6.09 Å². The summed E-state index contributed by atoms with van der Waals surface area (Å²) in [6.07, 6.45) is 4.42. The predicted molar refractivity (Wildman–Crippen MR) is 137 cm³/mol. The SMILES string of the molecule is Cc1nc(-c2c(F)cc(Cl)cc2-c2ccc3c(c2)CC[C@@H]3NC(=O)C2(NC(=O)Oc3ccnnc3)CC2)no1. The Balaban J connectivity index is 1.19. The summed E-state index contributed by atoms with van der Waals surface area (Å²) in [6, 6.07) is 9.91. The number of aromatic nitrogens is 4. The topological polar surface area (TPSA) is 132 Å². The minimum Gasteiger partial charge on any atom is -0.409 e. The summed E-state index contributed by atoms with van der Waals surface area (Å²) in [7, 11) is 0. The number of rotatable bonds is 6. The molecule has 1 fully saturated rings. The van der Waals surface area contributed by atoms with Crippen LogP contribution in [0.5, 0.6) is 5.75 Å². The standard InChI is InChI=1S/C27H22ClFN6O4/c1-14-32-24(35-39-14)23-20(11-17(28)12-21(23)29)16-2-4-19-15(10-16)3-5-22(19)33-25(36)27(7-8-27)34-26(37)38-18-6-9-30-31-13-18/h2,4,6,9-13,22H,3,5,7-8H2,1H3,(H,33,36)(H,34,37)/t22-/m0/s1. The maximum Gasteiger partial charge on any atom is 0.413 e. The second kappa shape index (κ2) is 9.73. The van der Waals surface area contributed by atoms with Gasteiger partial charge in [-0.25, -0.2) is 9.18 Å². The largest absolute Gasteiger partial charge is 0.413 e. The first-order valence-electron chi connectivity index (χ1n) is 12.3. The van der Waals surface area contributed by atoms with Crippen molar-refractivity contribution in [2.24, 2.45) is 0 Å². The highest BCUT2D eigenvalue weighted by molar-refractivity contribution is 6.31. The van der Waals surface area contributed by atoms with Crippen molar-refractivity contribution in [3.63, 3.8) is 0 Å². The molecule has 0 radical (unpaired) electrons. The van der Waals surface area contributed by atoms with Crippen LogP contribution < -0.4 is 15.4 Å². The number of ether oxygens (including phenoxy) is 1. The number of hydrogen-bond donors (Lipinski definition) is 2. The second-order valence-corrected chi connectivity index (χ2v) is 10.0. The predicted octanol–water partition coefficient (Wildman–Crippen LogP) is 4.72. The van der Waals surface area contributed by atoms with Crippen molar-refractivity contribution in [1.82, 2.24) is 31.0 Å². The monoisotopic (exact) mass is 548 g/mol. The third-order valence-corrected chi connectivity index (χ3v) is 7.16. The number of benzene rings is 2. The van der Waals surface area contributed by atoms with Crippen molar-refractivity contribution in [1.29, 1.82) is 0 Å². The fraction of sp³-hybridized carbons (Fsp3) is 0.259. The van der Waals surface area contributed by atoms with E-state index in [-0.39, 0.29) is 34.1 Å². The molecular weight excluding hydrogens is 527 g/mol. The van der Waals surface area contributed by atoms with E-state index in [2.05, 4.69) is 31.0 Å². The van der Waals surface area contributed by atoms with Gasteiger partial charge in [0.2, 0.25) is 17.6 Å². The zero-order valence-electron chi connectivity index (χ0n) is 20.7. The van der Waals surface area contributed by atoms with Crippen LogP contribution >= 0.6 is 11.6 Å². The fourth-order valence-corrected chi connectivity index (χ4v) is 5.07. The Morgan fingerprint density at radius 3 is 2.74 bits per heavy atom. The molecule has 4 aromatic rings. The number of nitrogens with one attached hydrogen (secondary N) is 2. The third kappa shape index (κ3) is 4.92. The Kier molecular flexibility index (Phi) is 6.22. The van der Waals surface area contributed by atoms with E-state index in [1.54, 1.807) is 13.0 Å². The summed E-state index contributed by atoms with van der Waals surface area (Å²) in [5.74, 6) is -0.117. The molecule has 0 saturated heterocycles. The van der Waals surface area contributed by atoms with Crippen LogP contribution in [0.1, 0.15) is 42.3 Å². The van der Waals surface area contributed by atoms with Gasteiger partial charge in [0, 0.05) is 18.0 Å². The maximum absolute atomic E-state index is 15.0. The molecule has 0 aliphatic heterocycles. The van der Waals surface area contributed by atoms with Crippen molar-refractivity contribution < 1.29 is 23.2 Å². The summed E-state index contributed by atoms with van der Waals surface area (Å²) >= 11 is 6.20. The van der Waals surface area contributed by atoms with E-state index < -0.39 is 17.4 Å². The number of carbonyl (C=O) groups excluding carboxylic acids is 2. The molecule has 2 heterocycles. The van der Waals surface area contributed by atoms with Gasteiger partial charge in [0.1, 0.15) is 11.4 Å². The highest BCUT2D eigenvalue weighted by Gasteiger charge is 2.52. The summed E-state index contributed by atoms with van der Waals surface area (Å²) < 4.78 is 25.3. The molecule has 2 amide bonds. The first-order valence-corrected chi connectivity index (χ1v) is 12.7. The Labute approximate surface area is 226 Å². The van der Waals surface area contributed by atoms with Crippen molar-refractivity contribution in [3.05, 3.63) is 76.6 Å². The van der Waals surface area contributed by atoms with Gasteiger partial charge < -0.3 is 19.9 Å². The molecule has 39 heavy (non-hydrogen) atoms. The molecule has 0 spiro atoms. The van der Waals surface area contributed by atoms with Gasteiger partial charge in [-0.15, -0.1) is 0 Å². The van der Waals surface area contributed by atoms with Crippen LogP contribution in [0, 0.1) is 12.7 Å². The number of carbonyl (C=O) groups is 2. The Bertz CT molecular complexity index is 1590. The molecule has 198 valence electrons. The zero-order valence-corrected chi connectivity index (χ0v) is 21.5. The zero-order chi connectivity index (χ0) is 27.1. The third-order valence-electron chi connectivity index (χ3n) is 6.94. The quantitative estimate of drug-likeness (QED) is 0.354. The van der Waals surface area contributed by atoms with Crippen LogP contribution in [-0.4, -0.2) is 37.9 Å². The van der Waals surface area contributed by atoms with E-state index in [0.717, 1.165) is 16.7 Å². The molecule has 2 aromatic carbocycles. The molecule has 2 aliphatic carbocycles. The molecule has 6 rings (SSSR count). The van der Waals surface area contributed by atoms with Crippen LogP contribution in [0.15, 0.2) is 53.3 Å². The molecule has 12 heteroatoms. The lowest BCUT2D eigenvalue weighted by Gasteiger charge is -2.21. The molecule has 0 bridgehead atoms. The minimum atomic E-state index is -1.00. The van der Waals surface area contributed by atoms with E-state index in [1.165, 1.54) is 24.5 Å². The summed E-state index contributed by atoms with van der Waals surface area (Å²) in [6.45, 7) is 1.64. The summed E-state index contributed by atoms with van der Waals surface area (Å²) in [5, 5.41) is 17.2. The van der Waals surface area contributed by atoms with Crippen molar-refractivity contribution in [2.45, 2.75) is 44.2 Å². The summed E-state index contributed by atoms with van der Waals surface area (Å²) in [5.41, 5.74) is 2.48. The van der Waals surface area contributed by atoms with Gasteiger partial charge in [-0.2, -0.15) is 15.2 Å². The number of fused-ring (bicyclic) bond motifs is 1. The first kappa shape index (κ1) is 24.9. The Hall–Kier alpha value is -4.38. The molecule has 2 aliphatic rings. The first-order chi connectivity index (χ1) is 18.8. The molecule has 1 saturated carbocycles. The summed E-state index contributed by atoms with van der Waals surface area (Å²) in [4.78, 5) is 29.7. The van der Waals surface area contributed by atoms with E-state index >= 15 is 4.39 Å². The van der Waals surface area contributed by atoms with Crippen LogP contribution in [0.25, 0.3) is 22.5 Å². The number of hydrogen-bond acceptors (Lipinski definition) is 8. The van der Waals surface area contributed by atoms with E-state index in [4.69, 9.17) is 20.9 Å². The average molecular weight is 549 g/mol. The van der Waals surface area contributed by atoms with Gasteiger partial charge in [0.05, 0.1) is 24.0 Å². The van der Waals surface area contributed by atoms with Crippen molar-refractivity contribution in [3.8, 4) is 28.3 Å². The smallest absolute Gasteiger partial charge is 0.409 e. The number of halogens is 2. The molecule has 10 nitrogen and oxygen atoms in total. The molecule has 2 N–H and O–H groups in total. The van der Waals surface area contributed by atoms with Crippen molar-refractivity contribution >= 4 is 23.6 Å². The van der Waals surface area contributed by atoms with E-state index in [9.17, 15) is 9.59 Å². The molecule has 1 atom stereocenters. The van der Waals surface area contributed by atoms with Crippen LogP contribution in [0.2, 0.25) is 5.02 Å². The van der Waals surface area contributed by atoms with Crippen LogP contribution in [-0.2, 0) is 11.2 Å². The van der Waals surface area contributed by atoms with E-state index in [1.807, 2.05) is 18.2 Å². The highest BCUT2D eigenvalue weighted by atomic mass is 35.5. The van der Waals surface area contributed by atoms with E-state index in [0.29, 0.717) is 37.1 Å². The lowest BCUT2D eigenvalue weighted by atomic mass is 9.95. The fourth-order valence-electron chi connectivity index (χ4n) is 4.86. The normalized spacial score (nSPS) is 16.8. The molecular formula is C27H22ClFN6O4. The Morgan fingerprint density at radius 2 is 2.03 bits per heavy atom. The number of aryl methyl sites for hydroxylation is 2. The minimum absolute atomic E-state index is 0.142.